The van der Waals surface area contributed by atoms with Crippen LogP contribution in [0.25, 0.3) is 0 Å². The Morgan fingerprint density at radius 3 is 2.86 bits per heavy atom. The Labute approximate surface area is 133 Å². The number of aryl methyl sites for hydroxylation is 1. The zero-order chi connectivity index (χ0) is 15.7. The van der Waals surface area contributed by atoms with Crippen LogP contribution in [0.15, 0.2) is 15.5 Å². The molecule has 118 valence electrons. The van der Waals surface area contributed by atoms with Crippen molar-refractivity contribution in [2.75, 3.05) is 18.5 Å². The molecule has 0 amide bonds. The van der Waals surface area contributed by atoms with Crippen LogP contribution in [0, 0.1) is 0 Å². The molecule has 0 aliphatic heterocycles. The van der Waals surface area contributed by atoms with Crippen molar-refractivity contribution in [1.82, 2.24) is 9.78 Å². The van der Waals surface area contributed by atoms with Gasteiger partial charge in [-0.2, -0.15) is 5.10 Å². The number of halogens is 1. The number of unbranched alkanes of at least 4 members (excludes halogenated alkanes) is 1. The highest BCUT2D eigenvalue weighted by Gasteiger charge is 2.08. The molecule has 0 radical (unpaired) electrons. The molecule has 1 N–H and O–H groups in total. The molecule has 1 rings (SSSR count). The Morgan fingerprint density at radius 1 is 1.43 bits per heavy atom. The largest absolute Gasteiger partial charge is 0.466 e. The van der Waals surface area contributed by atoms with Crippen molar-refractivity contribution in [1.29, 1.82) is 0 Å². The molecule has 7 heteroatoms. The summed E-state index contributed by atoms with van der Waals surface area (Å²) in [6, 6.07) is 0. The lowest BCUT2D eigenvalue weighted by Crippen LogP contribution is -2.24. The monoisotopic (exact) mass is 359 g/mol. The summed E-state index contributed by atoms with van der Waals surface area (Å²) in [5.74, 6) is -0.202. The van der Waals surface area contributed by atoms with Crippen molar-refractivity contribution in [3.63, 3.8) is 0 Å². The highest BCUT2D eigenvalue weighted by molar-refractivity contribution is 9.10. The van der Waals surface area contributed by atoms with Crippen LogP contribution >= 0.6 is 15.9 Å². The smallest absolute Gasteiger partial charge is 0.305 e. The van der Waals surface area contributed by atoms with Crippen LogP contribution in [0.2, 0.25) is 0 Å². The molecule has 1 aromatic heterocycles. The molecule has 0 aromatic carbocycles. The predicted molar refractivity (Wildman–Crippen MR) is 85.5 cm³/mol. The van der Waals surface area contributed by atoms with Crippen LogP contribution in [0.5, 0.6) is 0 Å². The molecule has 1 heterocycles. The van der Waals surface area contributed by atoms with Crippen LogP contribution in [0.3, 0.4) is 0 Å². The number of rotatable bonds is 9. The van der Waals surface area contributed by atoms with Crippen molar-refractivity contribution >= 4 is 27.6 Å². The number of hydrogen-bond acceptors (Lipinski definition) is 5. The quantitative estimate of drug-likeness (QED) is 0.541. The predicted octanol–water partition coefficient (Wildman–Crippen LogP) is 2.56. The molecule has 0 aliphatic rings. The standard InChI is InChI=1S/C14H22BrN3O3/c1-3-5-9-18-14(20)13(15)11(10-17-18)16-8-6-7-12(19)21-4-2/h10,16H,3-9H2,1-2H3. The Hall–Kier alpha value is -1.37. The summed E-state index contributed by atoms with van der Waals surface area (Å²) in [5.41, 5.74) is 0.510. The lowest BCUT2D eigenvalue weighted by atomic mass is 10.3. The zero-order valence-electron chi connectivity index (χ0n) is 12.5. The topological polar surface area (TPSA) is 73.2 Å². The summed E-state index contributed by atoms with van der Waals surface area (Å²) in [6.07, 6.45) is 4.57. The normalized spacial score (nSPS) is 10.4. The van der Waals surface area contributed by atoms with Gasteiger partial charge in [0.25, 0.3) is 5.56 Å². The minimum Gasteiger partial charge on any atom is -0.466 e. The van der Waals surface area contributed by atoms with E-state index >= 15 is 0 Å². The first-order valence-electron chi connectivity index (χ1n) is 7.25. The number of hydrogen-bond donors (Lipinski definition) is 1. The van der Waals surface area contributed by atoms with Gasteiger partial charge in [-0.05, 0) is 35.7 Å². The first-order valence-corrected chi connectivity index (χ1v) is 8.04. The minimum atomic E-state index is -0.202. The van der Waals surface area contributed by atoms with E-state index in [1.165, 1.54) is 4.68 Å². The van der Waals surface area contributed by atoms with Crippen molar-refractivity contribution in [3.8, 4) is 0 Å². The lowest BCUT2D eigenvalue weighted by Gasteiger charge is -2.10. The average Bonchev–Trinajstić information content (AvgIpc) is 2.47. The van der Waals surface area contributed by atoms with E-state index in [4.69, 9.17) is 4.74 Å². The van der Waals surface area contributed by atoms with E-state index in [0.29, 0.717) is 42.7 Å². The molecule has 0 fully saturated rings. The van der Waals surface area contributed by atoms with E-state index < -0.39 is 0 Å². The van der Waals surface area contributed by atoms with Crippen LogP contribution in [0.4, 0.5) is 5.69 Å². The van der Waals surface area contributed by atoms with E-state index in [9.17, 15) is 9.59 Å². The Morgan fingerprint density at radius 2 is 2.19 bits per heavy atom. The van der Waals surface area contributed by atoms with Crippen LogP contribution in [0.1, 0.15) is 39.5 Å². The van der Waals surface area contributed by atoms with E-state index in [1.807, 2.05) is 0 Å². The number of aromatic nitrogens is 2. The molecule has 0 saturated carbocycles. The molecule has 6 nitrogen and oxygen atoms in total. The van der Waals surface area contributed by atoms with Crippen molar-refractivity contribution in [3.05, 3.63) is 21.0 Å². The van der Waals surface area contributed by atoms with Gasteiger partial charge in [0.2, 0.25) is 0 Å². The van der Waals surface area contributed by atoms with Gasteiger partial charge < -0.3 is 10.1 Å². The fourth-order valence-corrected chi connectivity index (χ4v) is 2.19. The third kappa shape index (κ3) is 5.87. The molecular weight excluding hydrogens is 338 g/mol. The maximum atomic E-state index is 12.1. The molecule has 1 aromatic rings. The summed E-state index contributed by atoms with van der Waals surface area (Å²) in [5, 5.41) is 7.24. The molecule has 0 spiro atoms. The Kier molecular flexibility index (Phi) is 8.04. The molecule has 0 aliphatic carbocycles. The van der Waals surface area contributed by atoms with E-state index in [-0.39, 0.29) is 11.5 Å². The number of ether oxygens (including phenoxy) is 1. The van der Waals surface area contributed by atoms with Gasteiger partial charge in [-0.1, -0.05) is 13.3 Å². The summed E-state index contributed by atoms with van der Waals surface area (Å²) < 4.78 is 6.78. The minimum absolute atomic E-state index is 0.140. The Bertz CT molecular complexity index is 517. The van der Waals surface area contributed by atoms with Gasteiger partial charge in [-0.3, -0.25) is 9.59 Å². The Balaban J connectivity index is 2.51. The lowest BCUT2D eigenvalue weighted by molar-refractivity contribution is -0.143. The van der Waals surface area contributed by atoms with Gasteiger partial charge >= 0.3 is 5.97 Å². The molecule has 0 bridgehead atoms. The van der Waals surface area contributed by atoms with Crippen molar-refractivity contribution in [2.24, 2.45) is 0 Å². The van der Waals surface area contributed by atoms with E-state index in [0.717, 1.165) is 12.8 Å². The van der Waals surface area contributed by atoms with Crippen molar-refractivity contribution in [2.45, 2.75) is 46.1 Å². The molecule has 0 unspecified atom stereocenters. The molecule has 0 atom stereocenters. The third-order valence-electron chi connectivity index (χ3n) is 2.89. The van der Waals surface area contributed by atoms with Gasteiger partial charge in [0.15, 0.2) is 0 Å². The first kappa shape index (κ1) is 17.7. The van der Waals surface area contributed by atoms with Crippen LogP contribution in [-0.2, 0) is 16.1 Å². The summed E-state index contributed by atoms with van der Waals surface area (Å²) in [6.45, 7) is 5.46. The van der Waals surface area contributed by atoms with Gasteiger partial charge in [0.05, 0.1) is 18.5 Å². The fourth-order valence-electron chi connectivity index (χ4n) is 1.74. The number of anilines is 1. The average molecular weight is 360 g/mol. The van der Waals surface area contributed by atoms with Crippen molar-refractivity contribution < 1.29 is 9.53 Å². The second-order valence-corrected chi connectivity index (χ2v) is 5.38. The van der Waals surface area contributed by atoms with Gasteiger partial charge in [-0.25, -0.2) is 4.68 Å². The van der Waals surface area contributed by atoms with E-state index in [2.05, 4.69) is 33.3 Å². The SMILES string of the molecule is CCCCn1ncc(NCCCC(=O)OCC)c(Br)c1=O. The number of nitrogens with zero attached hydrogens (tertiary/aromatic N) is 2. The number of carbonyl (C=O) groups excluding carboxylic acids is 1. The fraction of sp³-hybridized carbons (Fsp3) is 0.643. The maximum Gasteiger partial charge on any atom is 0.305 e. The third-order valence-corrected chi connectivity index (χ3v) is 3.65. The summed E-state index contributed by atoms with van der Waals surface area (Å²) >= 11 is 3.30. The number of esters is 1. The highest BCUT2D eigenvalue weighted by atomic mass is 79.9. The maximum absolute atomic E-state index is 12.1. The molecule has 21 heavy (non-hydrogen) atoms. The number of carbonyl (C=O) groups is 1. The number of nitrogens with one attached hydrogen (secondary N) is 1. The van der Waals surface area contributed by atoms with Gasteiger partial charge in [-0.15, -0.1) is 0 Å². The van der Waals surface area contributed by atoms with Gasteiger partial charge in [0, 0.05) is 19.5 Å². The van der Waals surface area contributed by atoms with Gasteiger partial charge in [0.1, 0.15) is 4.47 Å². The summed E-state index contributed by atoms with van der Waals surface area (Å²) in [7, 11) is 0. The van der Waals surface area contributed by atoms with E-state index in [1.54, 1.807) is 13.1 Å². The highest BCUT2D eigenvalue weighted by Crippen LogP contribution is 2.16. The summed E-state index contributed by atoms with van der Waals surface area (Å²) in [4.78, 5) is 23.3. The van der Waals surface area contributed by atoms with Crippen LogP contribution < -0.4 is 10.9 Å². The second-order valence-electron chi connectivity index (χ2n) is 4.59. The molecule has 0 saturated heterocycles. The van der Waals surface area contributed by atoms with Crippen LogP contribution in [-0.4, -0.2) is 28.9 Å². The zero-order valence-corrected chi connectivity index (χ0v) is 14.1. The first-order chi connectivity index (χ1) is 10.1. The molecular formula is C14H22BrN3O3. The second kappa shape index (κ2) is 9.55.